The lowest BCUT2D eigenvalue weighted by Crippen LogP contribution is -2.37. The number of thiazole rings is 1. The van der Waals surface area contributed by atoms with Gasteiger partial charge in [-0.15, -0.1) is 11.3 Å². The van der Waals surface area contributed by atoms with Gasteiger partial charge in [-0.2, -0.15) is 0 Å². The van der Waals surface area contributed by atoms with E-state index >= 15 is 0 Å². The molecule has 2 aromatic heterocycles. The summed E-state index contributed by atoms with van der Waals surface area (Å²) in [5, 5.41) is 3.80. The maximum Gasteiger partial charge on any atom is 0.238 e. The van der Waals surface area contributed by atoms with Crippen molar-refractivity contribution in [2.75, 3.05) is 0 Å². The molecular weight excluding hydrogens is 389 g/mol. The summed E-state index contributed by atoms with van der Waals surface area (Å²) in [6.07, 6.45) is 3.33. The topological polar surface area (TPSA) is 89.0 Å². The van der Waals surface area contributed by atoms with Crippen LogP contribution in [0.15, 0.2) is 59.1 Å². The molecule has 3 aromatic rings. The summed E-state index contributed by atoms with van der Waals surface area (Å²) >= 11 is 1.37. The van der Waals surface area contributed by atoms with Gasteiger partial charge in [-0.05, 0) is 43.3 Å². The summed E-state index contributed by atoms with van der Waals surface area (Å²) in [4.78, 5) is 20.6. The van der Waals surface area contributed by atoms with Crippen molar-refractivity contribution in [3.63, 3.8) is 0 Å². The number of nitrogens with zero attached hydrogens (tertiary/aromatic N) is 2. The smallest absolute Gasteiger partial charge is 0.238 e. The van der Waals surface area contributed by atoms with Crippen molar-refractivity contribution in [2.24, 2.45) is 0 Å². The van der Waals surface area contributed by atoms with Gasteiger partial charge in [0.1, 0.15) is 16.1 Å². The van der Waals surface area contributed by atoms with Gasteiger partial charge in [0.15, 0.2) is 9.84 Å². The Labute approximate surface area is 160 Å². The predicted molar refractivity (Wildman–Crippen MR) is 100 cm³/mol. The second-order valence-corrected chi connectivity index (χ2v) is 8.93. The number of carbonyl (C=O) groups excluding carboxylic acids is 1. The maximum absolute atomic E-state index is 13.0. The van der Waals surface area contributed by atoms with E-state index in [0.29, 0.717) is 5.01 Å². The molecule has 0 aliphatic heterocycles. The molecule has 0 spiro atoms. The standard InChI is InChI=1S/C18H16FN3O3S2/c1-12(27(24,25)15-4-2-14(19)3-5-15)18(23)21-10-17-22-16(11-26-17)13-6-8-20-9-7-13/h2-9,11-12H,10H2,1H3,(H,21,23). The van der Waals surface area contributed by atoms with Gasteiger partial charge in [-0.25, -0.2) is 17.8 Å². The van der Waals surface area contributed by atoms with Gasteiger partial charge in [0.25, 0.3) is 0 Å². The first-order chi connectivity index (χ1) is 12.9. The zero-order chi connectivity index (χ0) is 19.4. The molecule has 0 aliphatic carbocycles. The molecule has 1 amide bonds. The van der Waals surface area contributed by atoms with Gasteiger partial charge in [-0.3, -0.25) is 9.78 Å². The number of sulfone groups is 1. The number of carbonyl (C=O) groups is 1. The van der Waals surface area contributed by atoms with Crippen LogP contribution in [0.1, 0.15) is 11.9 Å². The van der Waals surface area contributed by atoms with E-state index in [1.165, 1.54) is 18.3 Å². The van der Waals surface area contributed by atoms with Gasteiger partial charge in [0, 0.05) is 23.3 Å². The Morgan fingerprint density at radius 3 is 2.52 bits per heavy atom. The van der Waals surface area contributed by atoms with Gasteiger partial charge < -0.3 is 5.32 Å². The maximum atomic E-state index is 13.0. The van der Waals surface area contributed by atoms with Gasteiger partial charge in [-0.1, -0.05) is 0 Å². The number of rotatable bonds is 6. The summed E-state index contributed by atoms with van der Waals surface area (Å²) in [7, 11) is -3.90. The fourth-order valence-corrected chi connectivity index (χ4v) is 4.35. The lowest BCUT2D eigenvalue weighted by atomic mass is 10.2. The van der Waals surface area contributed by atoms with Crippen molar-refractivity contribution in [3.8, 4) is 11.3 Å². The fraction of sp³-hybridized carbons (Fsp3) is 0.167. The first-order valence-corrected chi connectivity index (χ1v) is 10.4. The van der Waals surface area contributed by atoms with E-state index in [0.717, 1.165) is 35.5 Å². The average Bonchev–Trinajstić information content (AvgIpc) is 3.15. The van der Waals surface area contributed by atoms with E-state index in [2.05, 4.69) is 15.3 Å². The Bertz CT molecular complexity index is 1040. The molecule has 0 radical (unpaired) electrons. The molecule has 2 heterocycles. The van der Waals surface area contributed by atoms with Crippen molar-refractivity contribution in [1.82, 2.24) is 15.3 Å². The average molecular weight is 405 g/mol. The minimum Gasteiger partial charge on any atom is -0.348 e. The minimum absolute atomic E-state index is 0.0965. The van der Waals surface area contributed by atoms with Crippen LogP contribution in [0, 0.1) is 5.82 Å². The van der Waals surface area contributed by atoms with Crippen LogP contribution in [-0.2, 0) is 21.2 Å². The first kappa shape index (κ1) is 19.1. The lowest BCUT2D eigenvalue weighted by Gasteiger charge is -2.12. The molecule has 140 valence electrons. The number of benzene rings is 1. The summed E-state index contributed by atoms with van der Waals surface area (Å²) in [6.45, 7) is 1.43. The highest BCUT2D eigenvalue weighted by atomic mass is 32.2. The van der Waals surface area contributed by atoms with Crippen molar-refractivity contribution in [3.05, 3.63) is 65.0 Å². The van der Waals surface area contributed by atoms with Crippen molar-refractivity contribution in [1.29, 1.82) is 0 Å². The Kier molecular flexibility index (Phi) is 5.62. The summed E-state index contributed by atoms with van der Waals surface area (Å²) in [5.41, 5.74) is 1.67. The third-order valence-corrected chi connectivity index (χ3v) is 6.84. The lowest BCUT2D eigenvalue weighted by molar-refractivity contribution is -0.120. The molecule has 0 aliphatic rings. The first-order valence-electron chi connectivity index (χ1n) is 8.00. The Morgan fingerprint density at radius 1 is 1.19 bits per heavy atom. The van der Waals surface area contributed by atoms with Crippen LogP contribution < -0.4 is 5.32 Å². The third kappa shape index (κ3) is 4.37. The largest absolute Gasteiger partial charge is 0.348 e. The quantitative estimate of drug-likeness (QED) is 0.637. The second kappa shape index (κ2) is 7.93. The molecule has 0 bridgehead atoms. The van der Waals surface area contributed by atoms with Crippen LogP contribution in [0.5, 0.6) is 0 Å². The molecule has 1 N–H and O–H groups in total. The highest BCUT2D eigenvalue weighted by Crippen LogP contribution is 2.21. The van der Waals surface area contributed by atoms with Crippen LogP contribution in [0.25, 0.3) is 11.3 Å². The number of hydrogen-bond donors (Lipinski definition) is 1. The summed E-state index contributed by atoms with van der Waals surface area (Å²) in [5.74, 6) is -1.18. The molecule has 27 heavy (non-hydrogen) atoms. The van der Waals surface area contributed by atoms with Crippen LogP contribution in [0.3, 0.4) is 0 Å². The minimum atomic E-state index is -3.90. The highest BCUT2D eigenvalue weighted by molar-refractivity contribution is 7.92. The number of hydrogen-bond acceptors (Lipinski definition) is 6. The fourth-order valence-electron chi connectivity index (χ4n) is 2.32. The Hall–Kier alpha value is -2.65. The van der Waals surface area contributed by atoms with Crippen molar-refractivity contribution < 1.29 is 17.6 Å². The molecular formula is C18H16FN3O3S2. The van der Waals surface area contributed by atoms with E-state index < -0.39 is 26.8 Å². The molecule has 6 nitrogen and oxygen atoms in total. The van der Waals surface area contributed by atoms with E-state index in [1.54, 1.807) is 12.4 Å². The summed E-state index contributed by atoms with van der Waals surface area (Å²) < 4.78 is 38.0. The predicted octanol–water partition coefficient (Wildman–Crippen LogP) is 2.82. The molecule has 1 atom stereocenters. The molecule has 0 saturated carbocycles. The van der Waals surface area contributed by atoms with Crippen molar-refractivity contribution in [2.45, 2.75) is 23.6 Å². The normalized spacial score (nSPS) is 12.5. The monoisotopic (exact) mass is 405 g/mol. The SMILES string of the molecule is CC(C(=O)NCc1nc(-c2ccncc2)cs1)S(=O)(=O)c1ccc(F)cc1. The van der Waals surface area contributed by atoms with E-state index in [4.69, 9.17) is 0 Å². The van der Waals surface area contributed by atoms with Crippen LogP contribution in [0.4, 0.5) is 4.39 Å². The van der Waals surface area contributed by atoms with Gasteiger partial charge >= 0.3 is 0 Å². The van der Waals surface area contributed by atoms with Gasteiger partial charge in [0.2, 0.25) is 5.91 Å². The Morgan fingerprint density at radius 2 is 1.85 bits per heavy atom. The Balaban J connectivity index is 1.65. The zero-order valence-corrected chi connectivity index (χ0v) is 15.9. The van der Waals surface area contributed by atoms with Crippen LogP contribution in [-0.4, -0.2) is 29.5 Å². The van der Waals surface area contributed by atoms with Crippen LogP contribution in [0.2, 0.25) is 0 Å². The van der Waals surface area contributed by atoms with E-state index in [9.17, 15) is 17.6 Å². The van der Waals surface area contributed by atoms with E-state index in [-0.39, 0.29) is 11.4 Å². The number of aromatic nitrogens is 2. The molecule has 1 unspecified atom stereocenters. The molecule has 1 aromatic carbocycles. The number of nitrogens with one attached hydrogen (secondary N) is 1. The number of pyridine rings is 1. The van der Waals surface area contributed by atoms with Crippen LogP contribution >= 0.6 is 11.3 Å². The van der Waals surface area contributed by atoms with Crippen molar-refractivity contribution >= 4 is 27.1 Å². The molecule has 9 heteroatoms. The molecule has 0 fully saturated rings. The van der Waals surface area contributed by atoms with Gasteiger partial charge in [0.05, 0.1) is 17.1 Å². The second-order valence-electron chi connectivity index (χ2n) is 5.72. The summed E-state index contributed by atoms with van der Waals surface area (Å²) in [6, 6.07) is 8.05. The number of amides is 1. The molecule has 3 rings (SSSR count). The zero-order valence-electron chi connectivity index (χ0n) is 14.3. The third-order valence-electron chi connectivity index (χ3n) is 3.92. The molecule has 0 saturated heterocycles. The highest BCUT2D eigenvalue weighted by Gasteiger charge is 2.29. The van der Waals surface area contributed by atoms with E-state index in [1.807, 2.05) is 17.5 Å². The number of halogens is 1.